The first kappa shape index (κ1) is 21.6. The summed E-state index contributed by atoms with van der Waals surface area (Å²) >= 11 is -2.31. The van der Waals surface area contributed by atoms with Gasteiger partial charge in [-0.05, 0) is 30.5 Å². The van der Waals surface area contributed by atoms with Crippen LogP contribution in [0.2, 0.25) is 0 Å². The largest absolute Gasteiger partial charge is 0.465 e. The highest BCUT2D eigenvalue weighted by Crippen LogP contribution is 2.36. The second-order valence-electron chi connectivity index (χ2n) is 6.78. The van der Waals surface area contributed by atoms with Crippen LogP contribution in [0.3, 0.4) is 0 Å². The van der Waals surface area contributed by atoms with E-state index in [2.05, 4.69) is 9.72 Å². The Kier molecular flexibility index (Phi) is 6.78. The van der Waals surface area contributed by atoms with E-state index in [1.54, 1.807) is 30.3 Å². The number of pyridine rings is 1. The van der Waals surface area contributed by atoms with E-state index in [-0.39, 0.29) is 30.7 Å². The first-order valence-electron chi connectivity index (χ1n) is 8.99. The van der Waals surface area contributed by atoms with E-state index in [0.29, 0.717) is 11.3 Å². The van der Waals surface area contributed by atoms with Gasteiger partial charge in [-0.15, -0.1) is 0 Å². The molecule has 1 aromatic carbocycles. The summed E-state index contributed by atoms with van der Waals surface area (Å²) in [5.74, 6) is -0.575. The predicted molar refractivity (Wildman–Crippen MR) is 108 cm³/mol. The number of esters is 1. The number of aromatic nitrogens is 1. The molecule has 156 valence electrons. The lowest BCUT2D eigenvalue weighted by atomic mass is 10.0. The van der Waals surface area contributed by atoms with Crippen molar-refractivity contribution < 1.29 is 26.7 Å². The van der Waals surface area contributed by atoms with Crippen molar-refractivity contribution >= 4 is 27.1 Å². The molecule has 0 aliphatic carbocycles. The van der Waals surface area contributed by atoms with E-state index in [4.69, 9.17) is 0 Å². The van der Waals surface area contributed by atoms with Crippen LogP contribution in [0.25, 0.3) is 0 Å². The molecule has 0 saturated carbocycles. The van der Waals surface area contributed by atoms with Gasteiger partial charge in [-0.1, -0.05) is 30.3 Å². The van der Waals surface area contributed by atoms with Gasteiger partial charge in [0.15, 0.2) is 9.84 Å². The maximum atomic E-state index is 12.6. The summed E-state index contributed by atoms with van der Waals surface area (Å²) in [4.78, 5) is 15.7. The van der Waals surface area contributed by atoms with Gasteiger partial charge in [0.05, 0.1) is 35.9 Å². The number of hydrogen-bond donors (Lipinski definition) is 1. The first-order chi connectivity index (χ1) is 13.8. The van der Waals surface area contributed by atoms with Crippen molar-refractivity contribution in [1.82, 2.24) is 9.29 Å². The van der Waals surface area contributed by atoms with Crippen molar-refractivity contribution in [3.63, 3.8) is 0 Å². The number of ether oxygens (including phenoxy) is 1. The first-order valence-corrected chi connectivity index (χ1v) is 11.8. The van der Waals surface area contributed by atoms with Crippen LogP contribution in [0, 0.1) is 0 Å². The number of methoxy groups -OCH3 is 1. The summed E-state index contributed by atoms with van der Waals surface area (Å²) in [6, 6.07) is 11.6. The zero-order valence-electron chi connectivity index (χ0n) is 15.8. The van der Waals surface area contributed by atoms with Crippen LogP contribution in [0.15, 0.2) is 48.7 Å². The molecule has 3 rings (SSSR count). The zero-order valence-corrected chi connectivity index (χ0v) is 17.4. The number of rotatable bonds is 6. The van der Waals surface area contributed by atoms with Gasteiger partial charge in [-0.2, -0.15) is 4.31 Å². The number of carbonyl (C=O) groups excluding carboxylic acids is 1. The normalized spacial score (nSPS) is 22.2. The smallest absolute Gasteiger partial charge is 0.339 e. The Hall–Kier alpha value is -2.14. The van der Waals surface area contributed by atoms with Crippen molar-refractivity contribution in [3.8, 4) is 0 Å². The highest BCUT2D eigenvalue weighted by Gasteiger charge is 2.39. The van der Waals surface area contributed by atoms with Crippen LogP contribution in [-0.4, -0.2) is 51.3 Å². The van der Waals surface area contributed by atoms with Crippen molar-refractivity contribution in [1.29, 1.82) is 0 Å². The topological polar surface area (TPSA) is 114 Å². The van der Waals surface area contributed by atoms with Crippen LogP contribution in [0.4, 0.5) is 0 Å². The third-order valence-electron chi connectivity index (χ3n) is 5.00. The third kappa shape index (κ3) is 5.08. The number of carbonyl (C=O) groups is 1. The number of sulfone groups is 1. The molecule has 0 radical (unpaired) electrons. The maximum absolute atomic E-state index is 12.6. The third-order valence-corrected chi connectivity index (χ3v) is 7.96. The highest BCUT2D eigenvalue weighted by atomic mass is 32.2. The lowest BCUT2D eigenvalue weighted by Gasteiger charge is -2.35. The molecule has 0 spiro atoms. The second-order valence-corrected chi connectivity index (χ2v) is 10.0. The Morgan fingerprint density at radius 3 is 2.59 bits per heavy atom. The molecule has 1 aliphatic heterocycles. The van der Waals surface area contributed by atoms with Crippen LogP contribution in [0.5, 0.6) is 0 Å². The summed E-state index contributed by atoms with van der Waals surface area (Å²) in [5, 5.41) is -0.719. The minimum Gasteiger partial charge on any atom is -0.465 e. The summed E-state index contributed by atoms with van der Waals surface area (Å²) < 4.78 is 53.0. The Morgan fingerprint density at radius 2 is 2.00 bits per heavy atom. The number of hydrogen-bond acceptors (Lipinski definition) is 6. The molecule has 1 fully saturated rings. The highest BCUT2D eigenvalue weighted by molar-refractivity contribution is 7.91. The molecule has 1 aliphatic rings. The van der Waals surface area contributed by atoms with Gasteiger partial charge in [0.1, 0.15) is 0 Å². The molecule has 1 N–H and O–H groups in total. The van der Waals surface area contributed by atoms with Crippen molar-refractivity contribution in [2.24, 2.45) is 0 Å². The molecule has 3 unspecified atom stereocenters. The molecule has 0 bridgehead atoms. The van der Waals surface area contributed by atoms with Crippen LogP contribution in [-0.2, 0) is 32.4 Å². The standard InChI is InChI=1S/C19H22N2O6S2/c1-27-19(22)15-7-8-16(20-12-15)13-21(28(23)24)17-9-10-29(25,26)18(11-17)14-5-3-2-4-6-14/h2-8,12,17-18H,9-11,13H2,1H3,(H,23,24). The molecule has 29 heavy (non-hydrogen) atoms. The van der Waals surface area contributed by atoms with E-state index in [9.17, 15) is 22.0 Å². The van der Waals surface area contributed by atoms with Crippen LogP contribution in [0.1, 0.15) is 39.7 Å². The fourth-order valence-electron chi connectivity index (χ4n) is 3.45. The van der Waals surface area contributed by atoms with Gasteiger partial charge in [0.25, 0.3) is 0 Å². The summed E-state index contributed by atoms with van der Waals surface area (Å²) in [5.41, 5.74) is 1.45. The van der Waals surface area contributed by atoms with E-state index < -0.39 is 38.4 Å². The van der Waals surface area contributed by atoms with Crippen LogP contribution < -0.4 is 0 Å². The number of benzene rings is 1. The predicted octanol–water partition coefficient (Wildman–Crippen LogP) is 2.13. The van der Waals surface area contributed by atoms with Gasteiger partial charge < -0.3 is 4.74 Å². The molecular formula is C19H22N2O6S2. The van der Waals surface area contributed by atoms with Gasteiger partial charge in [-0.3, -0.25) is 9.54 Å². The van der Waals surface area contributed by atoms with Gasteiger partial charge in [0.2, 0.25) is 11.3 Å². The fraction of sp³-hybridized carbons (Fsp3) is 0.368. The molecule has 10 heteroatoms. The SMILES string of the molecule is COC(=O)c1ccc(CN(C2CCS(=O)(=O)C(c3ccccc3)C2)S(=O)O)nc1. The van der Waals surface area contributed by atoms with E-state index in [1.165, 1.54) is 23.7 Å². The quantitative estimate of drug-likeness (QED) is 0.543. The molecule has 1 saturated heterocycles. The monoisotopic (exact) mass is 438 g/mol. The van der Waals surface area contributed by atoms with Gasteiger partial charge in [0, 0.05) is 12.2 Å². The average molecular weight is 439 g/mol. The molecule has 2 aromatic rings. The summed E-state index contributed by atoms with van der Waals surface area (Å²) in [6.45, 7) is 0.0524. The second kappa shape index (κ2) is 9.12. The van der Waals surface area contributed by atoms with E-state index >= 15 is 0 Å². The maximum Gasteiger partial charge on any atom is 0.339 e. The van der Waals surface area contributed by atoms with Gasteiger partial charge in [-0.25, -0.2) is 17.4 Å². The summed E-state index contributed by atoms with van der Waals surface area (Å²) in [7, 11) is -2.06. The summed E-state index contributed by atoms with van der Waals surface area (Å²) in [6.07, 6.45) is 1.83. The minimum absolute atomic E-state index is 0.0524. The Balaban J connectivity index is 1.80. The molecule has 8 nitrogen and oxygen atoms in total. The van der Waals surface area contributed by atoms with Crippen molar-refractivity contribution in [2.75, 3.05) is 12.9 Å². The van der Waals surface area contributed by atoms with Crippen LogP contribution >= 0.6 is 0 Å². The zero-order chi connectivity index (χ0) is 21.0. The van der Waals surface area contributed by atoms with Crippen molar-refractivity contribution in [2.45, 2.75) is 30.7 Å². The van der Waals surface area contributed by atoms with Crippen molar-refractivity contribution in [3.05, 3.63) is 65.5 Å². The van der Waals surface area contributed by atoms with Gasteiger partial charge >= 0.3 is 5.97 Å². The number of nitrogens with zero attached hydrogens (tertiary/aromatic N) is 2. The Labute approximate surface area is 172 Å². The lowest BCUT2D eigenvalue weighted by Crippen LogP contribution is -2.43. The Morgan fingerprint density at radius 1 is 1.28 bits per heavy atom. The fourth-order valence-corrected chi connectivity index (χ4v) is 6.12. The van der Waals surface area contributed by atoms with E-state index in [1.807, 2.05) is 6.07 Å². The molecule has 2 heterocycles. The lowest BCUT2D eigenvalue weighted by molar-refractivity contribution is 0.0600. The molecular weight excluding hydrogens is 416 g/mol. The Bertz CT molecular complexity index is 980. The molecule has 3 atom stereocenters. The average Bonchev–Trinajstić information content (AvgIpc) is 2.72. The van der Waals surface area contributed by atoms with E-state index in [0.717, 1.165) is 0 Å². The molecule has 0 amide bonds. The minimum atomic E-state index is -3.33. The molecule has 1 aromatic heterocycles.